The molecule has 1 aromatic heterocycles. The van der Waals surface area contributed by atoms with Crippen molar-refractivity contribution in [1.82, 2.24) is 9.55 Å². The van der Waals surface area contributed by atoms with E-state index < -0.39 is 17.2 Å². The monoisotopic (exact) mass is 303 g/mol. The smallest absolute Gasteiger partial charge is 0.328 e. The van der Waals surface area contributed by atoms with Crippen molar-refractivity contribution in [2.45, 2.75) is 0 Å². The molecule has 0 radical (unpaired) electrons. The predicted molar refractivity (Wildman–Crippen MR) is 77.7 cm³/mol. The number of ether oxygens (including phenoxy) is 2. The Morgan fingerprint density at radius 3 is 2.73 bits per heavy atom. The van der Waals surface area contributed by atoms with Crippen molar-refractivity contribution in [2.24, 2.45) is 7.05 Å². The summed E-state index contributed by atoms with van der Waals surface area (Å²) in [6.45, 7) is 0.914. The number of rotatable bonds is 2. The summed E-state index contributed by atoms with van der Waals surface area (Å²) in [5.41, 5.74) is -0.945. The number of carbonyl (C=O) groups is 1. The molecule has 114 valence electrons. The molecule has 1 aliphatic heterocycles. The summed E-state index contributed by atoms with van der Waals surface area (Å²) in [4.78, 5) is 37.6. The third-order valence-electron chi connectivity index (χ3n) is 3.22. The first-order chi connectivity index (χ1) is 10.6. The highest BCUT2D eigenvalue weighted by Gasteiger charge is 2.16. The van der Waals surface area contributed by atoms with E-state index in [0.29, 0.717) is 30.4 Å². The molecule has 0 fully saturated rings. The number of anilines is 1. The first-order valence-corrected chi connectivity index (χ1v) is 6.56. The van der Waals surface area contributed by atoms with Crippen LogP contribution in [-0.2, 0) is 7.05 Å². The summed E-state index contributed by atoms with van der Waals surface area (Å²) in [7, 11) is 1.29. The van der Waals surface area contributed by atoms with Crippen LogP contribution in [-0.4, -0.2) is 28.7 Å². The van der Waals surface area contributed by atoms with Gasteiger partial charge in [0.25, 0.3) is 11.5 Å². The number of nitrogens with one attached hydrogen (secondary N) is 2. The van der Waals surface area contributed by atoms with Gasteiger partial charge in [-0.05, 0) is 12.1 Å². The van der Waals surface area contributed by atoms with Crippen LogP contribution < -0.4 is 26.0 Å². The van der Waals surface area contributed by atoms with Crippen LogP contribution in [0.5, 0.6) is 11.5 Å². The Kier molecular flexibility index (Phi) is 3.42. The van der Waals surface area contributed by atoms with E-state index in [2.05, 4.69) is 10.3 Å². The van der Waals surface area contributed by atoms with Gasteiger partial charge in [0, 0.05) is 25.0 Å². The second-order valence-electron chi connectivity index (χ2n) is 4.68. The molecular formula is C14H13N3O5. The van der Waals surface area contributed by atoms with Crippen LogP contribution in [0.4, 0.5) is 5.69 Å². The molecule has 3 rings (SSSR count). The van der Waals surface area contributed by atoms with Crippen LogP contribution in [0.2, 0.25) is 0 Å². The average Bonchev–Trinajstić information content (AvgIpc) is 2.52. The van der Waals surface area contributed by atoms with Crippen molar-refractivity contribution in [1.29, 1.82) is 0 Å². The van der Waals surface area contributed by atoms with E-state index in [1.54, 1.807) is 18.2 Å². The van der Waals surface area contributed by atoms with Crippen LogP contribution >= 0.6 is 0 Å². The quantitative estimate of drug-likeness (QED) is 0.819. The van der Waals surface area contributed by atoms with Crippen molar-refractivity contribution >= 4 is 11.6 Å². The van der Waals surface area contributed by atoms with E-state index in [0.717, 1.165) is 10.8 Å². The average molecular weight is 303 g/mol. The van der Waals surface area contributed by atoms with Crippen molar-refractivity contribution in [3.05, 3.63) is 50.8 Å². The minimum absolute atomic E-state index is 0.156. The first kappa shape index (κ1) is 13.9. The normalized spacial score (nSPS) is 12.8. The van der Waals surface area contributed by atoms with Gasteiger partial charge < -0.3 is 19.8 Å². The van der Waals surface area contributed by atoms with E-state index in [4.69, 9.17) is 9.47 Å². The number of aromatic amines is 1. The zero-order valence-electron chi connectivity index (χ0n) is 11.7. The second kappa shape index (κ2) is 5.40. The number of amides is 1. The summed E-state index contributed by atoms with van der Waals surface area (Å²) in [6.07, 6.45) is 1.10. The number of H-pyrrole nitrogens is 1. The van der Waals surface area contributed by atoms with E-state index in [1.165, 1.54) is 7.05 Å². The topological polar surface area (TPSA) is 102 Å². The fourth-order valence-corrected chi connectivity index (χ4v) is 2.05. The Balaban J connectivity index is 1.87. The molecule has 2 aromatic rings. The van der Waals surface area contributed by atoms with Crippen LogP contribution in [0.25, 0.3) is 0 Å². The van der Waals surface area contributed by atoms with Crippen LogP contribution in [0.15, 0.2) is 34.0 Å². The van der Waals surface area contributed by atoms with Gasteiger partial charge in [0.1, 0.15) is 18.8 Å². The molecule has 1 aliphatic rings. The lowest BCUT2D eigenvalue weighted by Gasteiger charge is -2.18. The molecule has 0 aliphatic carbocycles. The van der Waals surface area contributed by atoms with Gasteiger partial charge in [0.15, 0.2) is 11.5 Å². The molecule has 0 saturated carbocycles. The molecular weight excluding hydrogens is 290 g/mol. The lowest BCUT2D eigenvalue weighted by Crippen LogP contribution is -2.37. The summed E-state index contributed by atoms with van der Waals surface area (Å²) >= 11 is 0. The molecule has 0 bridgehead atoms. The number of benzene rings is 1. The SMILES string of the molecule is Cn1c(=O)[nH]cc(C(=O)Nc2ccc3c(c2)OCCO3)c1=O. The van der Waals surface area contributed by atoms with E-state index in [-0.39, 0.29) is 5.56 Å². The highest BCUT2D eigenvalue weighted by atomic mass is 16.6. The molecule has 0 saturated heterocycles. The highest BCUT2D eigenvalue weighted by Crippen LogP contribution is 2.32. The van der Waals surface area contributed by atoms with Gasteiger partial charge in [0.05, 0.1) is 0 Å². The van der Waals surface area contributed by atoms with Gasteiger partial charge in [-0.25, -0.2) is 4.79 Å². The van der Waals surface area contributed by atoms with Gasteiger partial charge in [-0.3, -0.25) is 14.2 Å². The minimum Gasteiger partial charge on any atom is -0.486 e. The largest absolute Gasteiger partial charge is 0.486 e. The summed E-state index contributed by atoms with van der Waals surface area (Å²) < 4.78 is 11.6. The molecule has 0 unspecified atom stereocenters. The van der Waals surface area contributed by atoms with Crippen molar-refractivity contribution in [3.8, 4) is 11.5 Å². The van der Waals surface area contributed by atoms with Gasteiger partial charge in [-0.2, -0.15) is 0 Å². The van der Waals surface area contributed by atoms with Crippen LogP contribution in [0, 0.1) is 0 Å². The molecule has 8 heteroatoms. The molecule has 2 heterocycles. The zero-order valence-corrected chi connectivity index (χ0v) is 11.7. The molecule has 1 aromatic carbocycles. The van der Waals surface area contributed by atoms with Gasteiger partial charge in [-0.1, -0.05) is 0 Å². The lowest BCUT2D eigenvalue weighted by atomic mass is 10.2. The summed E-state index contributed by atoms with van der Waals surface area (Å²) in [5.74, 6) is 0.510. The fraction of sp³-hybridized carbons (Fsp3) is 0.214. The number of hydrogen-bond acceptors (Lipinski definition) is 5. The van der Waals surface area contributed by atoms with Gasteiger partial charge >= 0.3 is 5.69 Å². The minimum atomic E-state index is -0.668. The van der Waals surface area contributed by atoms with Gasteiger partial charge in [-0.15, -0.1) is 0 Å². The number of fused-ring (bicyclic) bond motifs is 1. The Hall–Kier alpha value is -3.03. The molecule has 0 atom stereocenters. The third kappa shape index (κ3) is 2.46. The standard InChI is InChI=1S/C14H13N3O5/c1-17-13(19)9(7-15-14(17)20)12(18)16-8-2-3-10-11(6-8)22-5-4-21-10/h2-3,6-7H,4-5H2,1H3,(H,15,20)(H,16,18). The van der Waals surface area contributed by atoms with Crippen molar-refractivity contribution in [3.63, 3.8) is 0 Å². The second-order valence-corrected chi connectivity index (χ2v) is 4.68. The summed E-state index contributed by atoms with van der Waals surface area (Å²) in [5, 5.41) is 2.59. The van der Waals surface area contributed by atoms with Crippen molar-refractivity contribution in [2.75, 3.05) is 18.5 Å². The highest BCUT2D eigenvalue weighted by molar-refractivity contribution is 6.03. The Morgan fingerprint density at radius 1 is 1.23 bits per heavy atom. The summed E-state index contributed by atoms with van der Waals surface area (Å²) in [6, 6.07) is 4.93. The van der Waals surface area contributed by atoms with E-state index in [1.807, 2.05) is 0 Å². The van der Waals surface area contributed by atoms with E-state index >= 15 is 0 Å². The van der Waals surface area contributed by atoms with Crippen LogP contribution in [0.3, 0.4) is 0 Å². The number of aromatic nitrogens is 2. The zero-order chi connectivity index (χ0) is 15.7. The molecule has 2 N–H and O–H groups in total. The maximum Gasteiger partial charge on any atom is 0.328 e. The Morgan fingerprint density at radius 2 is 1.95 bits per heavy atom. The Labute approximate surface area is 124 Å². The molecule has 0 spiro atoms. The Bertz CT molecular complexity index is 852. The lowest BCUT2D eigenvalue weighted by molar-refractivity contribution is 0.102. The van der Waals surface area contributed by atoms with Gasteiger partial charge in [0.2, 0.25) is 0 Å². The number of carbonyl (C=O) groups excluding carboxylic acids is 1. The van der Waals surface area contributed by atoms with Crippen molar-refractivity contribution < 1.29 is 14.3 Å². The molecule has 8 nitrogen and oxygen atoms in total. The first-order valence-electron chi connectivity index (χ1n) is 6.56. The third-order valence-corrected chi connectivity index (χ3v) is 3.22. The molecule has 22 heavy (non-hydrogen) atoms. The number of hydrogen-bond donors (Lipinski definition) is 2. The van der Waals surface area contributed by atoms with E-state index in [9.17, 15) is 14.4 Å². The molecule has 1 amide bonds. The predicted octanol–water partition coefficient (Wildman–Crippen LogP) is 0.0971. The fourth-order valence-electron chi connectivity index (χ4n) is 2.05. The number of nitrogens with zero attached hydrogens (tertiary/aromatic N) is 1. The van der Waals surface area contributed by atoms with Crippen LogP contribution in [0.1, 0.15) is 10.4 Å². The maximum absolute atomic E-state index is 12.1. The maximum atomic E-state index is 12.1.